The Morgan fingerprint density at radius 3 is 3.00 bits per heavy atom. The molecule has 1 N–H and O–H groups in total. The largest absolute Gasteiger partial charge is 0.487 e. The summed E-state index contributed by atoms with van der Waals surface area (Å²) < 4.78 is 5.44. The first-order valence-corrected chi connectivity index (χ1v) is 7.56. The van der Waals surface area contributed by atoms with E-state index in [1.54, 1.807) is 6.07 Å². The summed E-state index contributed by atoms with van der Waals surface area (Å²) in [7, 11) is 0. The van der Waals surface area contributed by atoms with Gasteiger partial charge in [0.15, 0.2) is 5.75 Å². The van der Waals surface area contributed by atoms with Crippen molar-refractivity contribution in [3.05, 3.63) is 28.3 Å². The first kappa shape index (κ1) is 14.1. The number of nitro benzene ring substituents is 1. The molecular formula is C15H21N3O3. The third kappa shape index (κ3) is 2.68. The molecule has 0 aliphatic carbocycles. The van der Waals surface area contributed by atoms with Crippen molar-refractivity contribution in [1.29, 1.82) is 0 Å². The number of para-hydroxylation sites is 1. The lowest BCUT2D eigenvalue weighted by Gasteiger charge is -2.35. The molecule has 0 radical (unpaired) electrons. The highest BCUT2D eigenvalue weighted by Gasteiger charge is 2.35. The van der Waals surface area contributed by atoms with Crippen molar-refractivity contribution in [3.8, 4) is 5.75 Å². The third-order valence-electron chi connectivity index (χ3n) is 4.51. The molecule has 6 heteroatoms. The Morgan fingerprint density at radius 2 is 2.24 bits per heavy atom. The molecule has 0 amide bonds. The number of hydrogen-bond acceptors (Lipinski definition) is 5. The fourth-order valence-corrected chi connectivity index (χ4v) is 3.48. The summed E-state index contributed by atoms with van der Waals surface area (Å²) in [6.07, 6.45) is 1.09. The van der Waals surface area contributed by atoms with Crippen LogP contribution in [0.15, 0.2) is 18.2 Å². The van der Waals surface area contributed by atoms with Crippen LogP contribution >= 0.6 is 0 Å². The van der Waals surface area contributed by atoms with E-state index in [0.29, 0.717) is 24.0 Å². The van der Waals surface area contributed by atoms with Crippen LogP contribution in [0.2, 0.25) is 0 Å². The number of anilines is 1. The quantitative estimate of drug-likeness (QED) is 0.679. The lowest BCUT2D eigenvalue weighted by molar-refractivity contribution is -0.385. The highest BCUT2D eigenvalue weighted by atomic mass is 16.6. The Kier molecular flexibility index (Phi) is 3.96. The molecule has 2 unspecified atom stereocenters. The number of rotatable bonds is 4. The second-order valence-corrected chi connectivity index (χ2v) is 5.73. The molecule has 2 atom stereocenters. The number of fused-ring (bicyclic) bond motifs is 1. The SMILES string of the molecule is CCOc1cccc(N2CCC3CNCC3C2)c1[N+](=O)[O-]. The summed E-state index contributed by atoms with van der Waals surface area (Å²) in [4.78, 5) is 13.3. The summed E-state index contributed by atoms with van der Waals surface area (Å²) in [5, 5.41) is 14.9. The van der Waals surface area contributed by atoms with Gasteiger partial charge in [0, 0.05) is 13.1 Å². The van der Waals surface area contributed by atoms with Gasteiger partial charge in [0.25, 0.3) is 0 Å². The summed E-state index contributed by atoms with van der Waals surface area (Å²) in [6, 6.07) is 5.35. The standard InChI is InChI=1S/C15H21N3O3/c1-2-21-14-5-3-4-13(15(14)18(19)20)17-7-6-11-8-16-9-12(11)10-17/h3-5,11-12,16H,2,6-10H2,1H3. The molecule has 1 aromatic carbocycles. The van der Waals surface area contributed by atoms with Crippen molar-refractivity contribution in [2.24, 2.45) is 11.8 Å². The van der Waals surface area contributed by atoms with E-state index in [0.717, 1.165) is 38.5 Å². The van der Waals surface area contributed by atoms with Crippen LogP contribution in [0.1, 0.15) is 13.3 Å². The molecular weight excluding hydrogens is 270 g/mol. The molecule has 21 heavy (non-hydrogen) atoms. The normalized spacial score (nSPS) is 24.7. The second kappa shape index (κ2) is 5.89. The number of nitro groups is 1. The molecule has 1 aromatic rings. The summed E-state index contributed by atoms with van der Waals surface area (Å²) in [5.41, 5.74) is 0.792. The Balaban J connectivity index is 1.90. The van der Waals surface area contributed by atoms with E-state index in [-0.39, 0.29) is 10.6 Å². The van der Waals surface area contributed by atoms with Crippen molar-refractivity contribution in [3.63, 3.8) is 0 Å². The van der Waals surface area contributed by atoms with Crippen LogP contribution in [-0.4, -0.2) is 37.7 Å². The maximum atomic E-state index is 11.5. The van der Waals surface area contributed by atoms with Gasteiger partial charge in [-0.2, -0.15) is 0 Å². The molecule has 3 rings (SSSR count). The van der Waals surface area contributed by atoms with Crippen LogP contribution in [0.5, 0.6) is 5.75 Å². The molecule has 2 aliphatic rings. The topological polar surface area (TPSA) is 67.6 Å². The van der Waals surface area contributed by atoms with E-state index < -0.39 is 0 Å². The van der Waals surface area contributed by atoms with Crippen molar-refractivity contribution in [2.75, 3.05) is 37.7 Å². The van der Waals surface area contributed by atoms with Crippen molar-refractivity contribution in [2.45, 2.75) is 13.3 Å². The first-order chi connectivity index (χ1) is 10.2. The average molecular weight is 291 g/mol. The molecule has 0 aromatic heterocycles. The number of ether oxygens (including phenoxy) is 1. The van der Waals surface area contributed by atoms with Crippen molar-refractivity contribution < 1.29 is 9.66 Å². The predicted octanol–water partition coefficient (Wildman–Crippen LogP) is 2.04. The molecule has 2 saturated heterocycles. The third-order valence-corrected chi connectivity index (χ3v) is 4.51. The fourth-order valence-electron chi connectivity index (χ4n) is 3.48. The minimum absolute atomic E-state index is 0.101. The van der Waals surface area contributed by atoms with Crippen LogP contribution in [0, 0.1) is 22.0 Å². The van der Waals surface area contributed by atoms with Crippen LogP contribution in [-0.2, 0) is 0 Å². The van der Waals surface area contributed by atoms with E-state index in [1.165, 1.54) is 0 Å². The summed E-state index contributed by atoms with van der Waals surface area (Å²) in [6.45, 7) is 6.12. The van der Waals surface area contributed by atoms with Gasteiger partial charge in [0.1, 0.15) is 5.69 Å². The van der Waals surface area contributed by atoms with Crippen molar-refractivity contribution in [1.82, 2.24) is 5.32 Å². The van der Waals surface area contributed by atoms with Gasteiger partial charge >= 0.3 is 5.69 Å². The van der Waals surface area contributed by atoms with Gasteiger partial charge < -0.3 is 15.0 Å². The molecule has 6 nitrogen and oxygen atoms in total. The summed E-state index contributed by atoms with van der Waals surface area (Å²) in [5.74, 6) is 1.68. The van der Waals surface area contributed by atoms with Crippen LogP contribution in [0.25, 0.3) is 0 Å². The molecule has 2 heterocycles. The van der Waals surface area contributed by atoms with Crippen LogP contribution in [0.4, 0.5) is 11.4 Å². The molecule has 2 aliphatic heterocycles. The Labute approximate surface area is 124 Å². The van der Waals surface area contributed by atoms with E-state index in [2.05, 4.69) is 10.2 Å². The van der Waals surface area contributed by atoms with Gasteiger partial charge in [0.05, 0.1) is 11.5 Å². The second-order valence-electron chi connectivity index (χ2n) is 5.73. The summed E-state index contributed by atoms with van der Waals surface area (Å²) >= 11 is 0. The lowest BCUT2D eigenvalue weighted by Crippen LogP contribution is -2.40. The highest BCUT2D eigenvalue weighted by Crippen LogP contribution is 2.40. The molecule has 0 bridgehead atoms. The number of piperidine rings is 1. The Bertz CT molecular complexity index is 535. The number of nitrogens with one attached hydrogen (secondary N) is 1. The zero-order valence-corrected chi connectivity index (χ0v) is 12.2. The lowest BCUT2D eigenvalue weighted by atomic mass is 9.88. The van der Waals surface area contributed by atoms with E-state index in [9.17, 15) is 10.1 Å². The van der Waals surface area contributed by atoms with E-state index in [4.69, 9.17) is 4.74 Å². The zero-order chi connectivity index (χ0) is 14.8. The van der Waals surface area contributed by atoms with Gasteiger partial charge in [-0.15, -0.1) is 0 Å². The van der Waals surface area contributed by atoms with E-state index in [1.807, 2.05) is 19.1 Å². The maximum absolute atomic E-state index is 11.5. The van der Waals surface area contributed by atoms with Crippen LogP contribution in [0.3, 0.4) is 0 Å². The minimum atomic E-state index is -0.320. The van der Waals surface area contributed by atoms with Gasteiger partial charge in [-0.25, -0.2) is 0 Å². The Hall–Kier alpha value is -1.82. The first-order valence-electron chi connectivity index (χ1n) is 7.56. The minimum Gasteiger partial charge on any atom is -0.487 e. The van der Waals surface area contributed by atoms with E-state index >= 15 is 0 Å². The number of benzene rings is 1. The predicted molar refractivity (Wildman–Crippen MR) is 80.9 cm³/mol. The van der Waals surface area contributed by atoms with Gasteiger partial charge in [-0.1, -0.05) is 6.07 Å². The number of nitrogens with zero attached hydrogens (tertiary/aromatic N) is 2. The van der Waals surface area contributed by atoms with Gasteiger partial charge in [0.2, 0.25) is 0 Å². The fraction of sp³-hybridized carbons (Fsp3) is 0.600. The zero-order valence-electron chi connectivity index (χ0n) is 12.2. The number of hydrogen-bond donors (Lipinski definition) is 1. The monoisotopic (exact) mass is 291 g/mol. The molecule has 0 spiro atoms. The maximum Gasteiger partial charge on any atom is 0.333 e. The van der Waals surface area contributed by atoms with Gasteiger partial charge in [-0.05, 0) is 50.4 Å². The highest BCUT2D eigenvalue weighted by molar-refractivity contribution is 5.70. The smallest absolute Gasteiger partial charge is 0.333 e. The van der Waals surface area contributed by atoms with Crippen molar-refractivity contribution >= 4 is 11.4 Å². The molecule has 0 saturated carbocycles. The van der Waals surface area contributed by atoms with Gasteiger partial charge in [-0.3, -0.25) is 10.1 Å². The van der Waals surface area contributed by atoms with Crippen LogP contribution < -0.4 is 15.0 Å². The molecule has 114 valence electrons. The molecule has 2 fully saturated rings. The average Bonchev–Trinajstić information content (AvgIpc) is 2.94. The Morgan fingerprint density at radius 1 is 1.43 bits per heavy atom.